The zero-order valence-electron chi connectivity index (χ0n) is 27.5. The minimum Gasteiger partial charge on any atom is -0.327 e. The number of nitrogens with zero attached hydrogens (tertiary/aromatic N) is 4. The molecule has 3 fully saturated rings. The molecular formula is C37H41F3N4O4. The van der Waals surface area contributed by atoms with Crippen LogP contribution in [0.15, 0.2) is 24.3 Å². The minimum atomic E-state index is -4.65. The number of piperidine rings is 1. The fraction of sp³-hybridized carbons (Fsp3) is 0.568. The SMILES string of the molecule is CC(=O)c1nn2c3c(cc(C4CC4)cc13)CCCCCCC(=O)CC[C@@]13CC(C(=O)Cc4nc(C(F)(F)F)ccc4C)N(C(=O)C2)[C@@H]1C3. The van der Waals surface area contributed by atoms with Crippen molar-refractivity contribution < 1.29 is 32.3 Å². The number of aryl methyl sites for hydroxylation is 2. The summed E-state index contributed by atoms with van der Waals surface area (Å²) in [4.78, 5) is 59.4. The number of rotatable bonds is 5. The normalized spacial score (nSPS) is 25.2. The molecule has 2 saturated carbocycles. The lowest BCUT2D eigenvalue weighted by Gasteiger charge is -2.27. The second kappa shape index (κ2) is 12.2. The number of carbonyl (C=O) groups excluding carboxylic acids is 4. The fourth-order valence-electron chi connectivity index (χ4n) is 8.18. The van der Waals surface area contributed by atoms with Crippen LogP contribution in [0.4, 0.5) is 13.2 Å². The van der Waals surface area contributed by atoms with Gasteiger partial charge in [-0.1, -0.05) is 25.0 Å². The van der Waals surface area contributed by atoms with E-state index >= 15 is 0 Å². The van der Waals surface area contributed by atoms with Crippen molar-refractivity contribution in [3.8, 4) is 0 Å². The van der Waals surface area contributed by atoms with Crippen LogP contribution in [0.25, 0.3) is 10.9 Å². The van der Waals surface area contributed by atoms with Crippen LogP contribution >= 0.6 is 0 Å². The molecule has 2 bridgehead atoms. The molecule has 11 heteroatoms. The number of hydrogen-bond acceptors (Lipinski definition) is 6. The summed E-state index contributed by atoms with van der Waals surface area (Å²) in [5, 5.41) is 5.44. The monoisotopic (exact) mass is 662 g/mol. The Bertz CT molecular complexity index is 1830. The summed E-state index contributed by atoms with van der Waals surface area (Å²) < 4.78 is 42.1. The number of aromatic nitrogens is 3. The van der Waals surface area contributed by atoms with Gasteiger partial charge in [0.25, 0.3) is 0 Å². The van der Waals surface area contributed by atoms with E-state index in [0.29, 0.717) is 49.3 Å². The number of ketones is 3. The molecule has 2 aromatic heterocycles. The van der Waals surface area contributed by atoms with Crippen molar-refractivity contribution in [3.05, 3.63) is 58.0 Å². The molecule has 2 aliphatic heterocycles. The topological polar surface area (TPSA) is 102 Å². The number of amides is 1. The number of alkyl halides is 3. The van der Waals surface area contributed by atoms with Crippen molar-refractivity contribution in [2.75, 3.05) is 0 Å². The molecule has 1 unspecified atom stereocenters. The first-order chi connectivity index (χ1) is 22.8. The first kappa shape index (κ1) is 32.6. The Balaban J connectivity index is 1.25. The van der Waals surface area contributed by atoms with E-state index in [-0.39, 0.29) is 53.4 Å². The number of Topliss-reactive ketones (excluding diaryl/α,β-unsaturated/α-hetero) is 3. The highest BCUT2D eigenvalue weighted by Gasteiger charge is 2.66. The van der Waals surface area contributed by atoms with Crippen LogP contribution in [-0.4, -0.2) is 55.0 Å². The Morgan fingerprint density at radius 1 is 1.00 bits per heavy atom. The lowest BCUT2D eigenvalue weighted by atomic mass is 9.89. The van der Waals surface area contributed by atoms with Crippen LogP contribution in [0.3, 0.4) is 0 Å². The van der Waals surface area contributed by atoms with Crippen LogP contribution in [0.1, 0.15) is 122 Å². The quantitative estimate of drug-likeness (QED) is 0.277. The first-order valence-corrected chi connectivity index (χ1v) is 17.3. The predicted octanol–water partition coefficient (Wildman–Crippen LogP) is 6.87. The minimum absolute atomic E-state index is 0.0433. The van der Waals surface area contributed by atoms with Gasteiger partial charge in [0.05, 0.1) is 23.7 Å². The van der Waals surface area contributed by atoms with Crippen LogP contribution in [-0.2, 0) is 39.9 Å². The number of halogens is 3. The molecule has 7 rings (SSSR count). The molecule has 4 heterocycles. The molecule has 48 heavy (non-hydrogen) atoms. The first-order valence-electron chi connectivity index (χ1n) is 17.3. The van der Waals surface area contributed by atoms with Crippen molar-refractivity contribution in [1.29, 1.82) is 0 Å². The molecule has 3 atom stereocenters. The van der Waals surface area contributed by atoms with Gasteiger partial charge >= 0.3 is 6.18 Å². The summed E-state index contributed by atoms with van der Waals surface area (Å²) in [5.74, 6) is -0.225. The summed E-state index contributed by atoms with van der Waals surface area (Å²) in [5.41, 5.74) is 2.40. The van der Waals surface area contributed by atoms with E-state index in [1.165, 1.54) is 18.6 Å². The molecule has 1 aromatic carbocycles. The Hall–Kier alpha value is -3.89. The highest BCUT2D eigenvalue weighted by Crippen LogP contribution is 2.62. The third kappa shape index (κ3) is 6.20. The van der Waals surface area contributed by atoms with E-state index in [2.05, 4.69) is 11.1 Å². The molecule has 8 nitrogen and oxygen atoms in total. The molecule has 4 aliphatic rings. The Morgan fingerprint density at radius 3 is 2.46 bits per heavy atom. The van der Waals surface area contributed by atoms with Gasteiger partial charge < -0.3 is 4.90 Å². The van der Waals surface area contributed by atoms with Crippen molar-refractivity contribution in [2.45, 2.75) is 128 Å². The lowest BCUT2D eigenvalue weighted by Crippen LogP contribution is -2.45. The van der Waals surface area contributed by atoms with Gasteiger partial charge in [0.15, 0.2) is 11.6 Å². The van der Waals surface area contributed by atoms with Crippen LogP contribution in [0, 0.1) is 12.3 Å². The highest BCUT2D eigenvalue weighted by molar-refractivity contribution is 6.06. The lowest BCUT2D eigenvalue weighted by molar-refractivity contribution is -0.141. The van der Waals surface area contributed by atoms with Crippen molar-refractivity contribution >= 4 is 34.2 Å². The number of pyridine rings is 1. The molecule has 0 radical (unpaired) electrons. The molecule has 0 N–H and O–H groups in total. The van der Waals surface area contributed by atoms with E-state index < -0.39 is 17.9 Å². The van der Waals surface area contributed by atoms with Crippen molar-refractivity contribution in [1.82, 2.24) is 19.7 Å². The maximum atomic E-state index is 14.3. The zero-order chi connectivity index (χ0) is 34.0. The van der Waals surface area contributed by atoms with E-state index in [9.17, 15) is 32.3 Å². The second-order valence-corrected chi connectivity index (χ2v) is 14.6. The standard InChI is InChI=1S/C37H41F3N4O4/c1-21-9-12-31(37(38,39)40)41-28(21)17-30(47)29-18-36-14-13-26(46)8-6-4-3-5-7-24-15-25(23-10-11-23)16-27-34(22(2)45)42-43(35(24)27)20-33(48)44(29)32(36)19-36/h9,12,15-16,23,29,32H,3-8,10-11,13-14,17-20H2,1-2H3/t29?,32-,36+/m1/s1. The van der Waals surface area contributed by atoms with Gasteiger partial charge in [-0.3, -0.25) is 23.9 Å². The summed E-state index contributed by atoms with van der Waals surface area (Å²) in [6, 6.07) is 5.37. The smallest absolute Gasteiger partial charge is 0.327 e. The summed E-state index contributed by atoms with van der Waals surface area (Å²) >= 11 is 0. The van der Waals surface area contributed by atoms with Gasteiger partial charge in [-0.05, 0) is 98.4 Å². The van der Waals surface area contributed by atoms with Crippen molar-refractivity contribution in [3.63, 3.8) is 0 Å². The summed E-state index contributed by atoms with van der Waals surface area (Å²) in [6.07, 6.45) is 4.09. The predicted molar refractivity (Wildman–Crippen MR) is 172 cm³/mol. The van der Waals surface area contributed by atoms with Crippen molar-refractivity contribution in [2.24, 2.45) is 5.41 Å². The number of hydrogen-bond donors (Lipinski definition) is 0. The summed E-state index contributed by atoms with van der Waals surface area (Å²) in [6.45, 7) is 2.93. The molecule has 1 amide bonds. The molecule has 254 valence electrons. The Labute approximate surface area is 277 Å². The molecule has 0 spiro atoms. The summed E-state index contributed by atoms with van der Waals surface area (Å²) in [7, 11) is 0. The van der Waals surface area contributed by atoms with E-state index in [1.807, 2.05) is 6.07 Å². The van der Waals surface area contributed by atoms with Gasteiger partial charge in [0.1, 0.15) is 23.7 Å². The van der Waals surface area contributed by atoms with Gasteiger partial charge in [-0.2, -0.15) is 18.3 Å². The number of carbonyl (C=O) groups is 4. The molecular weight excluding hydrogens is 621 g/mol. The average molecular weight is 663 g/mol. The van der Waals surface area contributed by atoms with Gasteiger partial charge in [-0.25, -0.2) is 4.98 Å². The highest BCUT2D eigenvalue weighted by atomic mass is 19.4. The molecule has 2 aliphatic carbocycles. The van der Waals surface area contributed by atoms with Gasteiger partial charge in [0, 0.05) is 31.2 Å². The van der Waals surface area contributed by atoms with Gasteiger partial charge in [0.2, 0.25) is 5.91 Å². The Morgan fingerprint density at radius 2 is 1.75 bits per heavy atom. The second-order valence-electron chi connectivity index (χ2n) is 14.6. The fourth-order valence-corrected chi connectivity index (χ4v) is 8.18. The van der Waals surface area contributed by atoms with Crippen LogP contribution in [0.2, 0.25) is 0 Å². The number of benzene rings is 1. The van der Waals surface area contributed by atoms with Crippen LogP contribution in [0.5, 0.6) is 0 Å². The maximum Gasteiger partial charge on any atom is 0.433 e. The van der Waals surface area contributed by atoms with Crippen LogP contribution < -0.4 is 0 Å². The third-order valence-corrected chi connectivity index (χ3v) is 11.1. The third-order valence-electron chi connectivity index (χ3n) is 11.1. The largest absolute Gasteiger partial charge is 0.433 e. The zero-order valence-corrected chi connectivity index (χ0v) is 27.5. The van der Waals surface area contributed by atoms with E-state index in [0.717, 1.165) is 67.5 Å². The maximum absolute atomic E-state index is 14.3. The van der Waals surface area contributed by atoms with E-state index in [4.69, 9.17) is 5.10 Å². The van der Waals surface area contributed by atoms with Gasteiger partial charge in [-0.15, -0.1) is 0 Å². The van der Waals surface area contributed by atoms with E-state index in [1.54, 1.807) is 16.5 Å². The Kier molecular flexibility index (Phi) is 8.31. The average Bonchev–Trinajstić information content (AvgIpc) is 3.94. The molecule has 1 saturated heterocycles. The molecule has 3 aromatic rings.